The molecule has 128 valence electrons. The fraction of sp³-hybridized carbons (Fsp3) is 0.400. The molecule has 0 saturated carbocycles. The molecule has 0 spiro atoms. The second-order valence-corrected chi connectivity index (χ2v) is 8.04. The Morgan fingerprint density at radius 2 is 1.96 bits per heavy atom. The van der Waals surface area contributed by atoms with Crippen LogP contribution in [0.4, 0.5) is 5.69 Å². The van der Waals surface area contributed by atoms with Gasteiger partial charge in [-0.2, -0.15) is 14.7 Å². The Bertz CT molecular complexity index is 773. The standard InChI is InChI=1S/C15H19N5O2S2/c1-11-6-8-20(9-7-11)24(21,22)13-4-2-12(3-5-13)18-19-14(10-16)15(17)23/h2-5,11,18H,6-9H2,1H3,(H2,17,23). The zero-order chi connectivity index (χ0) is 17.7. The number of nitrogens with zero attached hydrogens (tertiary/aromatic N) is 3. The highest BCUT2D eigenvalue weighted by Crippen LogP contribution is 2.24. The zero-order valence-electron chi connectivity index (χ0n) is 13.3. The summed E-state index contributed by atoms with van der Waals surface area (Å²) in [5.41, 5.74) is 8.41. The van der Waals surface area contributed by atoms with Crippen LogP contribution in [0.5, 0.6) is 0 Å². The third-order valence-corrected chi connectivity index (χ3v) is 5.98. The predicted molar refractivity (Wildman–Crippen MR) is 97.1 cm³/mol. The van der Waals surface area contributed by atoms with Crippen molar-refractivity contribution in [1.29, 1.82) is 5.26 Å². The number of benzene rings is 1. The smallest absolute Gasteiger partial charge is 0.243 e. The average Bonchev–Trinajstić information content (AvgIpc) is 2.56. The minimum absolute atomic E-state index is 0.0934. The topological polar surface area (TPSA) is 112 Å². The van der Waals surface area contributed by atoms with E-state index in [-0.39, 0.29) is 15.6 Å². The Morgan fingerprint density at radius 3 is 2.46 bits per heavy atom. The first kappa shape index (κ1) is 18.3. The largest absolute Gasteiger partial charge is 0.387 e. The van der Waals surface area contributed by atoms with E-state index in [0.29, 0.717) is 24.7 Å². The molecule has 2 rings (SSSR count). The highest BCUT2D eigenvalue weighted by atomic mass is 32.2. The molecule has 0 aromatic heterocycles. The lowest BCUT2D eigenvalue weighted by atomic mass is 10.0. The number of sulfonamides is 1. The van der Waals surface area contributed by atoms with Crippen LogP contribution in [0.15, 0.2) is 34.3 Å². The summed E-state index contributed by atoms with van der Waals surface area (Å²) in [4.78, 5) is 0.130. The van der Waals surface area contributed by atoms with Crippen LogP contribution in [0.25, 0.3) is 0 Å². The van der Waals surface area contributed by atoms with Gasteiger partial charge in [0.15, 0.2) is 5.71 Å². The fourth-order valence-corrected chi connectivity index (χ4v) is 3.89. The maximum Gasteiger partial charge on any atom is 0.243 e. The van der Waals surface area contributed by atoms with Crippen molar-refractivity contribution in [2.75, 3.05) is 18.5 Å². The summed E-state index contributed by atoms with van der Waals surface area (Å²) in [5, 5.41) is 12.6. The summed E-state index contributed by atoms with van der Waals surface area (Å²) in [5.74, 6) is 0.559. The van der Waals surface area contributed by atoms with Gasteiger partial charge >= 0.3 is 0 Å². The summed E-state index contributed by atoms with van der Waals surface area (Å²) in [6, 6.07) is 7.96. The van der Waals surface area contributed by atoms with Crippen LogP contribution in [0, 0.1) is 17.2 Å². The molecule has 1 aromatic carbocycles. The quantitative estimate of drug-likeness (QED) is 0.466. The number of nitrogens with two attached hydrogens (primary N) is 1. The van der Waals surface area contributed by atoms with Gasteiger partial charge in [-0.05, 0) is 43.0 Å². The number of nitrogens with one attached hydrogen (secondary N) is 1. The molecule has 24 heavy (non-hydrogen) atoms. The predicted octanol–water partition coefficient (Wildman–Crippen LogP) is 1.68. The molecule has 0 aliphatic carbocycles. The van der Waals surface area contributed by atoms with Crippen LogP contribution >= 0.6 is 12.2 Å². The Kier molecular flexibility index (Phi) is 5.88. The van der Waals surface area contributed by atoms with Gasteiger partial charge in [0.1, 0.15) is 11.1 Å². The van der Waals surface area contributed by atoms with Gasteiger partial charge in [0.05, 0.1) is 10.6 Å². The first-order valence-electron chi connectivity index (χ1n) is 7.48. The van der Waals surface area contributed by atoms with Gasteiger partial charge in [-0.15, -0.1) is 0 Å². The second-order valence-electron chi connectivity index (χ2n) is 5.66. The SMILES string of the molecule is CC1CCN(S(=O)(=O)c2ccc(NN=C(C#N)C(N)=S)cc2)CC1. The van der Waals surface area contributed by atoms with E-state index >= 15 is 0 Å². The summed E-state index contributed by atoms with van der Waals surface area (Å²) in [6.45, 7) is 3.23. The Labute approximate surface area is 147 Å². The number of hydrazone groups is 1. The minimum Gasteiger partial charge on any atom is -0.387 e. The van der Waals surface area contributed by atoms with E-state index in [1.807, 2.05) is 0 Å². The number of hydrogen-bond donors (Lipinski definition) is 2. The molecule has 1 heterocycles. The fourth-order valence-electron chi connectivity index (χ4n) is 2.33. The van der Waals surface area contributed by atoms with Crippen molar-refractivity contribution in [3.05, 3.63) is 24.3 Å². The third-order valence-electron chi connectivity index (χ3n) is 3.87. The lowest BCUT2D eigenvalue weighted by Gasteiger charge is -2.29. The third kappa shape index (κ3) is 4.29. The van der Waals surface area contributed by atoms with E-state index in [4.69, 9.17) is 11.0 Å². The maximum atomic E-state index is 12.6. The highest BCUT2D eigenvalue weighted by Gasteiger charge is 2.27. The Balaban J connectivity index is 2.11. The van der Waals surface area contributed by atoms with Crippen molar-refractivity contribution in [2.24, 2.45) is 16.8 Å². The van der Waals surface area contributed by atoms with Crippen LogP contribution in [0.2, 0.25) is 0 Å². The molecule has 0 atom stereocenters. The van der Waals surface area contributed by atoms with Gasteiger partial charge in [0, 0.05) is 13.1 Å². The van der Waals surface area contributed by atoms with Crippen LogP contribution in [0.1, 0.15) is 19.8 Å². The summed E-state index contributed by atoms with van der Waals surface area (Å²) in [7, 11) is -3.47. The molecular weight excluding hydrogens is 346 g/mol. The Morgan fingerprint density at radius 1 is 1.38 bits per heavy atom. The molecule has 1 saturated heterocycles. The van der Waals surface area contributed by atoms with Crippen molar-refractivity contribution in [3.8, 4) is 6.07 Å². The van der Waals surface area contributed by atoms with Gasteiger partial charge < -0.3 is 5.73 Å². The first-order chi connectivity index (χ1) is 11.3. The van der Waals surface area contributed by atoms with Gasteiger partial charge in [-0.25, -0.2) is 8.42 Å². The molecule has 1 aromatic rings. The van der Waals surface area contributed by atoms with Gasteiger partial charge in [0.25, 0.3) is 0 Å². The highest BCUT2D eigenvalue weighted by molar-refractivity contribution is 7.89. The van der Waals surface area contributed by atoms with Crippen LogP contribution in [0.3, 0.4) is 0 Å². The molecule has 0 amide bonds. The molecular formula is C15H19N5O2S2. The van der Waals surface area contributed by atoms with E-state index in [0.717, 1.165) is 12.8 Å². The molecule has 9 heteroatoms. The van der Waals surface area contributed by atoms with E-state index in [1.165, 1.54) is 16.4 Å². The second kappa shape index (κ2) is 7.70. The van der Waals surface area contributed by atoms with Crippen molar-refractivity contribution in [1.82, 2.24) is 4.31 Å². The lowest BCUT2D eigenvalue weighted by molar-refractivity contribution is 0.288. The molecule has 0 radical (unpaired) electrons. The summed E-state index contributed by atoms with van der Waals surface area (Å²) >= 11 is 4.68. The monoisotopic (exact) mass is 365 g/mol. The zero-order valence-corrected chi connectivity index (χ0v) is 14.9. The molecule has 3 N–H and O–H groups in total. The first-order valence-corrected chi connectivity index (χ1v) is 9.33. The normalized spacial score (nSPS) is 17.2. The number of piperidine rings is 1. The molecule has 0 unspecified atom stereocenters. The molecule has 1 aliphatic rings. The van der Waals surface area contributed by atoms with Crippen molar-refractivity contribution >= 4 is 38.6 Å². The van der Waals surface area contributed by atoms with E-state index in [1.54, 1.807) is 18.2 Å². The molecule has 0 bridgehead atoms. The number of thiocarbonyl (C=S) groups is 1. The van der Waals surface area contributed by atoms with Crippen LogP contribution in [-0.2, 0) is 10.0 Å². The van der Waals surface area contributed by atoms with Crippen LogP contribution < -0.4 is 11.2 Å². The van der Waals surface area contributed by atoms with E-state index in [9.17, 15) is 8.42 Å². The average molecular weight is 365 g/mol. The van der Waals surface area contributed by atoms with Crippen molar-refractivity contribution in [2.45, 2.75) is 24.7 Å². The molecule has 7 nitrogen and oxygen atoms in total. The number of rotatable bonds is 5. The number of nitriles is 1. The van der Waals surface area contributed by atoms with Gasteiger partial charge in [-0.1, -0.05) is 19.1 Å². The number of hydrogen-bond acceptors (Lipinski definition) is 6. The summed E-state index contributed by atoms with van der Waals surface area (Å²) in [6.07, 6.45) is 1.76. The molecule has 1 fully saturated rings. The van der Waals surface area contributed by atoms with Gasteiger partial charge in [-0.3, -0.25) is 5.43 Å². The lowest BCUT2D eigenvalue weighted by Crippen LogP contribution is -2.37. The number of anilines is 1. The maximum absolute atomic E-state index is 12.6. The van der Waals surface area contributed by atoms with E-state index < -0.39 is 10.0 Å². The van der Waals surface area contributed by atoms with Crippen molar-refractivity contribution in [3.63, 3.8) is 0 Å². The molecule has 1 aliphatic heterocycles. The minimum atomic E-state index is -3.47. The summed E-state index contributed by atoms with van der Waals surface area (Å²) < 4.78 is 26.7. The van der Waals surface area contributed by atoms with Gasteiger partial charge in [0.2, 0.25) is 10.0 Å². The Hall–Kier alpha value is -2.02. The van der Waals surface area contributed by atoms with E-state index in [2.05, 4.69) is 29.7 Å². The van der Waals surface area contributed by atoms with Crippen molar-refractivity contribution < 1.29 is 8.42 Å². The van der Waals surface area contributed by atoms with Crippen LogP contribution in [-0.4, -0.2) is 36.5 Å².